The van der Waals surface area contributed by atoms with Gasteiger partial charge in [0.1, 0.15) is 5.82 Å². The molecule has 1 N–H and O–H groups in total. The lowest BCUT2D eigenvalue weighted by atomic mass is 9.86. The van der Waals surface area contributed by atoms with Crippen LogP contribution in [0.15, 0.2) is 77.7 Å². The van der Waals surface area contributed by atoms with E-state index in [-0.39, 0.29) is 28.5 Å². The Morgan fingerprint density at radius 3 is 2.27 bits per heavy atom. The molecule has 4 rings (SSSR count). The van der Waals surface area contributed by atoms with Crippen molar-refractivity contribution >= 4 is 27.4 Å². The summed E-state index contributed by atoms with van der Waals surface area (Å²) in [5.41, 5.74) is 2.60. The van der Waals surface area contributed by atoms with E-state index < -0.39 is 21.8 Å². The minimum absolute atomic E-state index is 0.00305. The molecule has 1 aliphatic rings. The Morgan fingerprint density at radius 2 is 1.62 bits per heavy atom. The zero-order chi connectivity index (χ0) is 26.8. The van der Waals surface area contributed by atoms with Gasteiger partial charge in [0.15, 0.2) is 5.78 Å². The molecular weight excluding hydrogens is 491 g/mol. The van der Waals surface area contributed by atoms with Gasteiger partial charge in [-0.05, 0) is 60.2 Å². The van der Waals surface area contributed by atoms with Crippen molar-refractivity contribution in [3.63, 3.8) is 0 Å². The molecule has 0 radical (unpaired) electrons. The molecule has 1 saturated heterocycles. The van der Waals surface area contributed by atoms with Crippen LogP contribution in [0.4, 0.5) is 10.1 Å². The average Bonchev–Trinajstić information content (AvgIpc) is 2.88. The standard InChI is InChI=1S/C29H31FN2O4S/c1-29(2,3)23-11-9-20(10-12-23)27(33)21-6-4-8-25(18-21)31-28(34)22-7-5-17-32(19-22)37(35,36)26-15-13-24(30)14-16-26/h4,6,8-16,18,22H,5,7,17,19H2,1-3H3,(H,31,34)/t22-/m0/s1. The number of hydrogen-bond acceptors (Lipinski definition) is 4. The van der Waals surface area contributed by atoms with Crippen LogP contribution in [0.2, 0.25) is 0 Å². The molecule has 8 heteroatoms. The van der Waals surface area contributed by atoms with Gasteiger partial charge in [-0.3, -0.25) is 9.59 Å². The van der Waals surface area contributed by atoms with Crippen molar-refractivity contribution in [2.24, 2.45) is 5.92 Å². The maximum absolute atomic E-state index is 13.2. The van der Waals surface area contributed by atoms with Gasteiger partial charge in [0.05, 0.1) is 10.8 Å². The Morgan fingerprint density at radius 1 is 0.946 bits per heavy atom. The molecule has 37 heavy (non-hydrogen) atoms. The smallest absolute Gasteiger partial charge is 0.243 e. The molecule has 6 nitrogen and oxygen atoms in total. The second-order valence-corrected chi connectivity index (χ2v) is 12.3. The van der Waals surface area contributed by atoms with Crippen LogP contribution in [0, 0.1) is 11.7 Å². The number of amides is 1. The van der Waals surface area contributed by atoms with Crippen LogP contribution in [0.1, 0.15) is 55.1 Å². The monoisotopic (exact) mass is 522 g/mol. The molecule has 194 valence electrons. The Kier molecular flexibility index (Phi) is 7.62. The summed E-state index contributed by atoms with van der Waals surface area (Å²) in [4.78, 5) is 26.1. The number of anilines is 1. The number of carbonyl (C=O) groups excluding carboxylic acids is 2. The van der Waals surface area contributed by atoms with Gasteiger partial charge in [-0.2, -0.15) is 4.31 Å². The van der Waals surface area contributed by atoms with Crippen LogP contribution in [0.25, 0.3) is 0 Å². The molecule has 3 aromatic carbocycles. The molecule has 0 bridgehead atoms. The van der Waals surface area contributed by atoms with Gasteiger partial charge in [0.25, 0.3) is 0 Å². The fourth-order valence-electron chi connectivity index (χ4n) is 4.40. The predicted molar refractivity (Wildman–Crippen MR) is 142 cm³/mol. The number of sulfonamides is 1. The van der Waals surface area contributed by atoms with Crippen molar-refractivity contribution in [2.45, 2.75) is 43.9 Å². The summed E-state index contributed by atoms with van der Waals surface area (Å²) in [5, 5.41) is 2.84. The van der Waals surface area contributed by atoms with Gasteiger partial charge in [-0.25, -0.2) is 12.8 Å². The van der Waals surface area contributed by atoms with Crippen LogP contribution in [0.3, 0.4) is 0 Å². The molecule has 0 spiro atoms. The second-order valence-electron chi connectivity index (χ2n) is 10.4. The molecule has 1 atom stereocenters. The first-order valence-electron chi connectivity index (χ1n) is 12.3. The molecule has 0 saturated carbocycles. The van der Waals surface area contributed by atoms with Gasteiger partial charge >= 0.3 is 0 Å². The summed E-state index contributed by atoms with van der Waals surface area (Å²) >= 11 is 0. The first-order valence-corrected chi connectivity index (χ1v) is 13.7. The van der Waals surface area contributed by atoms with Gasteiger partial charge in [0.2, 0.25) is 15.9 Å². The normalized spacial score (nSPS) is 16.8. The number of nitrogens with one attached hydrogen (secondary N) is 1. The lowest BCUT2D eigenvalue weighted by Crippen LogP contribution is -2.43. The zero-order valence-corrected chi connectivity index (χ0v) is 22.0. The highest BCUT2D eigenvalue weighted by Crippen LogP contribution is 2.26. The molecule has 0 unspecified atom stereocenters. The zero-order valence-electron chi connectivity index (χ0n) is 21.2. The number of carbonyl (C=O) groups is 2. The van der Waals surface area contributed by atoms with Crippen molar-refractivity contribution in [1.82, 2.24) is 4.31 Å². The highest BCUT2D eigenvalue weighted by Gasteiger charge is 2.33. The van der Waals surface area contributed by atoms with Gasteiger partial charge in [-0.15, -0.1) is 0 Å². The van der Waals surface area contributed by atoms with Crippen molar-refractivity contribution < 1.29 is 22.4 Å². The van der Waals surface area contributed by atoms with E-state index in [2.05, 4.69) is 26.1 Å². The number of rotatable bonds is 6. The van der Waals surface area contributed by atoms with Crippen LogP contribution in [0.5, 0.6) is 0 Å². The largest absolute Gasteiger partial charge is 0.326 e. The molecule has 0 aromatic heterocycles. The van der Waals surface area contributed by atoms with E-state index in [9.17, 15) is 22.4 Å². The number of halogens is 1. The SMILES string of the molecule is CC(C)(C)c1ccc(C(=O)c2cccc(NC(=O)[C@H]3CCCN(S(=O)(=O)c4ccc(F)cc4)C3)c2)cc1. The van der Waals surface area contributed by atoms with Crippen LogP contribution < -0.4 is 5.32 Å². The maximum Gasteiger partial charge on any atom is 0.243 e. The van der Waals surface area contributed by atoms with Crippen molar-refractivity contribution in [3.8, 4) is 0 Å². The molecule has 3 aromatic rings. The average molecular weight is 523 g/mol. The first kappa shape index (κ1) is 26.7. The van der Waals surface area contributed by atoms with E-state index in [1.165, 1.54) is 16.4 Å². The number of nitrogens with zero attached hydrogens (tertiary/aromatic N) is 1. The molecule has 1 fully saturated rings. The summed E-state index contributed by atoms with van der Waals surface area (Å²) in [6.07, 6.45) is 1.07. The third kappa shape index (κ3) is 6.14. The van der Waals surface area contributed by atoms with Crippen LogP contribution in [-0.4, -0.2) is 37.5 Å². The third-order valence-corrected chi connectivity index (χ3v) is 8.49. The summed E-state index contributed by atoms with van der Waals surface area (Å²) in [6.45, 7) is 6.66. The predicted octanol–water partition coefficient (Wildman–Crippen LogP) is 5.39. The first-order chi connectivity index (χ1) is 17.4. The lowest BCUT2D eigenvalue weighted by Gasteiger charge is -2.31. The highest BCUT2D eigenvalue weighted by molar-refractivity contribution is 7.89. The van der Waals surface area contributed by atoms with E-state index in [4.69, 9.17) is 0 Å². The number of piperidine rings is 1. The molecular formula is C29H31FN2O4S. The molecule has 0 aliphatic carbocycles. The fraction of sp³-hybridized carbons (Fsp3) is 0.310. The maximum atomic E-state index is 13.2. The number of benzene rings is 3. The fourth-order valence-corrected chi connectivity index (χ4v) is 5.92. The van der Waals surface area contributed by atoms with Crippen molar-refractivity contribution in [3.05, 3.63) is 95.3 Å². The van der Waals surface area contributed by atoms with E-state index in [1.807, 2.05) is 24.3 Å². The topological polar surface area (TPSA) is 83.6 Å². The second kappa shape index (κ2) is 10.6. The minimum atomic E-state index is -3.84. The molecule has 1 amide bonds. The Hall–Kier alpha value is -3.36. The summed E-state index contributed by atoms with van der Waals surface area (Å²) in [5.74, 6) is -1.52. The van der Waals surface area contributed by atoms with E-state index in [1.54, 1.807) is 24.3 Å². The lowest BCUT2D eigenvalue weighted by molar-refractivity contribution is -0.120. The Labute approximate surface area is 217 Å². The van der Waals surface area contributed by atoms with E-state index >= 15 is 0 Å². The number of hydrogen-bond donors (Lipinski definition) is 1. The third-order valence-electron chi connectivity index (χ3n) is 6.61. The van der Waals surface area contributed by atoms with E-state index in [0.29, 0.717) is 36.2 Å². The minimum Gasteiger partial charge on any atom is -0.326 e. The van der Waals surface area contributed by atoms with Crippen molar-refractivity contribution in [1.29, 1.82) is 0 Å². The number of ketones is 1. The summed E-state index contributed by atoms with van der Waals surface area (Å²) in [6, 6.07) is 18.9. The van der Waals surface area contributed by atoms with Crippen molar-refractivity contribution in [2.75, 3.05) is 18.4 Å². The van der Waals surface area contributed by atoms with Gasteiger partial charge in [0, 0.05) is 29.9 Å². The molecule has 1 heterocycles. The van der Waals surface area contributed by atoms with Gasteiger partial charge in [-0.1, -0.05) is 57.2 Å². The summed E-state index contributed by atoms with van der Waals surface area (Å²) in [7, 11) is -3.84. The van der Waals surface area contributed by atoms with Gasteiger partial charge < -0.3 is 5.32 Å². The highest BCUT2D eigenvalue weighted by atomic mass is 32.2. The summed E-state index contributed by atoms with van der Waals surface area (Å²) < 4.78 is 40.5. The van der Waals surface area contributed by atoms with E-state index in [0.717, 1.165) is 17.7 Å². The quantitative estimate of drug-likeness (QED) is 0.440. The Bertz CT molecular complexity index is 1400. The molecule has 1 aliphatic heterocycles. The Balaban J connectivity index is 1.44. The van der Waals surface area contributed by atoms with Crippen LogP contribution >= 0.6 is 0 Å². The van der Waals surface area contributed by atoms with Crippen LogP contribution in [-0.2, 0) is 20.2 Å².